The van der Waals surface area contributed by atoms with E-state index in [9.17, 15) is 9.59 Å². The zero-order valence-electron chi connectivity index (χ0n) is 8.95. The summed E-state index contributed by atoms with van der Waals surface area (Å²) in [7, 11) is 0. The van der Waals surface area contributed by atoms with Crippen molar-refractivity contribution in [3.8, 4) is 0 Å². The standard InChI is InChI=1S/C9H14N2O3.Na/c12-7-5-10-9(3-1-2-4-9)11(7)6-8(13)14;/h10H,1-6H2,(H,13,14);/q;+1. The van der Waals surface area contributed by atoms with Gasteiger partial charge in [0, 0.05) is 0 Å². The van der Waals surface area contributed by atoms with E-state index in [0.29, 0.717) is 0 Å². The van der Waals surface area contributed by atoms with Gasteiger partial charge in [0.25, 0.3) is 0 Å². The third-order valence-electron chi connectivity index (χ3n) is 3.11. The van der Waals surface area contributed by atoms with Crippen LogP contribution in [-0.4, -0.2) is 40.6 Å². The molecular weight excluding hydrogens is 207 g/mol. The van der Waals surface area contributed by atoms with E-state index < -0.39 is 5.97 Å². The zero-order valence-corrected chi connectivity index (χ0v) is 11.0. The molecule has 1 amide bonds. The number of rotatable bonds is 2. The van der Waals surface area contributed by atoms with Crippen molar-refractivity contribution in [1.82, 2.24) is 10.2 Å². The van der Waals surface area contributed by atoms with Crippen LogP contribution >= 0.6 is 0 Å². The molecule has 0 radical (unpaired) electrons. The van der Waals surface area contributed by atoms with Crippen LogP contribution in [0.5, 0.6) is 0 Å². The number of carbonyl (C=O) groups excluding carboxylic acids is 1. The molecule has 2 N–H and O–H groups in total. The van der Waals surface area contributed by atoms with Gasteiger partial charge < -0.3 is 10.0 Å². The van der Waals surface area contributed by atoms with E-state index in [4.69, 9.17) is 5.11 Å². The van der Waals surface area contributed by atoms with Crippen molar-refractivity contribution in [2.75, 3.05) is 13.1 Å². The third kappa shape index (κ3) is 2.36. The molecule has 0 aromatic rings. The average molecular weight is 221 g/mol. The van der Waals surface area contributed by atoms with Gasteiger partial charge in [-0.2, -0.15) is 0 Å². The van der Waals surface area contributed by atoms with Crippen LogP contribution in [0.3, 0.4) is 0 Å². The van der Waals surface area contributed by atoms with Gasteiger partial charge in [0.2, 0.25) is 5.91 Å². The van der Waals surface area contributed by atoms with Gasteiger partial charge in [-0.1, -0.05) is 0 Å². The van der Waals surface area contributed by atoms with Crippen molar-refractivity contribution in [3.63, 3.8) is 0 Å². The van der Waals surface area contributed by atoms with Crippen LogP contribution in [0.1, 0.15) is 25.7 Å². The van der Waals surface area contributed by atoms with Crippen molar-refractivity contribution in [2.45, 2.75) is 31.3 Å². The predicted molar refractivity (Wildman–Crippen MR) is 48.6 cm³/mol. The molecule has 2 fully saturated rings. The van der Waals surface area contributed by atoms with Gasteiger partial charge in [0.1, 0.15) is 6.54 Å². The Morgan fingerprint density at radius 1 is 1.47 bits per heavy atom. The van der Waals surface area contributed by atoms with Crippen LogP contribution < -0.4 is 34.9 Å². The molecule has 78 valence electrons. The van der Waals surface area contributed by atoms with E-state index >= 15 is 0 Å². The molecule has 1 aliphatic carbocycles. The van der Waals surface area contributed by atoms with Crippen molar-refractivity contribution in [3.05, 3.63) is 0 Å². The number of aliphatic carboxylic acids is 1. The first-order chi connectivity index (χ1) is 6.64. The quantitative estimate of drug-likeness (QED) is 0.481. The fourth-order valence-electron chi connectivity index (χ4n) is 2.45. The summed E-state index contributed by atoms with van der Waals surface area (Å²) in [5.74, 6) is -1.03. The molecule has 2 rings (SSSR count). The van der Waals surface area contributed by atoms with Gasteiger partial charge in [-0.25, -0.2) is 0 Å². The summed E-state index contributed by atoms with van der Waals surface area (Å²) in [5.41, 5.74) is -0.338. The largest absolute Gasteiger partial charge is 1.00 e. The Labute approximate surface area is 110 Å². The van der Waals surface area contributed by atoms with E-state index in [1.54, 1.807) is 0 Å². The van der Waals surface area contributed by atoms with Gasteiger partial charge in [0.15, 0.2) is 0 Å². The molecule has 0 aromatic carbocycles. The molecule has 1 saturated carbocycles. The first-order valence-electron chi connectivity index (χ1n) is 4.91. The monoisotopic (exact) mass is 221 g/mol. The molecule has 5 nitrogen and oxygen atoms in total. The normalized spacial score (nSPS) is 23.2. The number of hydrogen-bond acceptors (Lipinski definition) is 3. The smallest absolute Gasteiger partial charge is 0.480 e. The van der Waals surface area contributed by atoms with Gasteiger partial charge in [-0.3, -0.25) is 14.9 Å². The molecule has 15 heavy (non-hydrogen) atoms. The summed E-state index contributed by atoms with van der Waals surface area (Å²) in [6.45, 7) is 0.110. The van der Waals surface area contributed by atoms with Crippen LogP contribution in [0.2, 0.25) is 0 Å². The van der Waals surface area contributed by atoms with Crippen LogP contribution in [0.15, 0.2) is 0 Å². The average Bonchev–Trinajstić information content (AvgIpc) is 2.69. The molecule has 1 heterocycles. The molecular formula is C9H14N2NaO3+. The number of nitrogens with one attached hydrogen (secondary N) is 1. The number of nitrogens with zero attached hydrogens (tertiary/aromatic N) is 1. The first-order valence-corrected chi connectivity index (χ1v) is 4.91. The van der Waals surface area contributed by atoms with Crippen molar-refractivity contribution in [2.24, 2.45) is 0 Å². The second-order valence-electron chi connectivity index (χ2n) is 3.97. The van der Waals surface area contributed by atoms with E-state index in [1.165, 1.54) is 4.90 Å². The Hall–Kier alpha value is -0.100. The maximum Gasteiger partial charge on any atom is 1.00 e. The molecule has 2 aliphatic rings. The molecule has 1 aliphatic heterocycles. The maximum atomic E-state index is 11.5. The minimum Gasteiger partial charge on any atom is -0.480 e. The van der Waals surface area contributed by atoms with E-state index in [2.05, 4.69) is 5.32 Å². The summed E-state index contributed by atoms with van der Waals surface area (Å²) in [4.78, 5) is 23.6. The molecule has 6 heteroatoms. The number of amides is 1. The maximum absolute atomic E-state index is 11.5. The fourth-order valence-corrected chi connectivity index (χ4v) is 2.45. The Morgan fingerprint density at radius 3 is 2.60 bits per heavy atom. The van der Waals surface area contributed by atoms with Crippen molar-refractivity contribution >= 4 is 11.9 Å². The van der Waals surface area contributed by atoms with E-state index in [-0.39, 0.29) is 54.2 Å². The van der Waals surface area contributed by atoms with Crippen LogP contribution in [0, 0.1) is 0 Å². The van der Waals surface area contributed by atoms with Crippen LogP contribution in [-0.2, 0) is 9.59 Å². The second kappa shape index (κ2) is 4.82. The SMILES string of the molecule is O=C(O)CN1C(=O)CNC12CCCC2.[Na+]. The number of carboxylic acids is 1. The summed E-state index contributed by atoms with van der Waals surface area (Å²) in [5, 5.41) is 11.9. The zero-order chi connectivity index (χ0) is 10.2. The van der Waals surface area contributed by atoms with Gasteiger partial charge in [0.05, 0.1) is 12.2 Å². The van der Waals surface area contributed by atoms with Crippen molar-refractivity contribution < 1.29 is 44.3 Å². The topological polar surface area (TPSA) is 69.6 Å². The fraction of sp³-hybridized carbons (Fsp3) is 0.778. The molecule has 0 unspecified atom stereocenters. The minimum absolute atomic E-state index is 0. The number of hydrogen-bond donors (Lipinski definition) is 2. The van der Waals surface area contributed by atoms with Gasteiger partial charge in [-0.05, 0) is 25.7 Å². The molecule has 0 aromatic heterocycles. The number of carboxylic acid groups (broad SMARTS) is 1. The summed E-state index contributed by atoms with van der Waals surface area (Å²) < 4.78 is 0. The van der Waals surface area contributed by atoms with Crippen LogP contribution in [0.4, 0.5) is 0 Å². The molecule has 1 spiro atoms. The van der Waals surface area contributed by atoms with E-state index in [0.717, 1.165) is 25.7 Å². The second-order valence-corrected chi connectivity index (χ2v) is 3.97. The van der Waals surface area contributed by atoms with Gasteiger partial charge >= 0.3 is 35.5 Å². The predicted octanol–water partition coefficient (Wildman–Crippen LogP) is -3.22. The molecule has 0 bridgehead atoms. The summed E-state index contributed by atoms with van der Waals surface area (Å²) >= 11 is 0. The van der Waals surface area contributed by atoms with Gasteiger partial charge in [-0.15, -0.1) is 0 Å². The number of carbonyl (C=O) groups is 2. The van der Waals surface area contributed by atoms with Crippen molar-refractivity contribution in [1.29, 1.82) is 0 Å². The Balaban J connectivity index is 0.00000112. The first kappa shape index (κ1) is 13.0. The van der Waals surface area contributed by atoms with Crippen LogP contribution in [0.25, 0.3) is 0 Å². The van der Waals surface area contributed by atoms with E-state index in [1.807, 2.05) is 0 Å². The summed E-state index contributed by atoms with van der Waals surface area (Å²) in [6, 6.07) is 0. The molecule has 1 saturated heterocycles. The summed E-state index contributed by atoms with van der Waals surface area (Å²) in [6.07, 6.45) is 3.89. The minimum atomic E-state index is -0.937. The third-order valence-corrected chi connectivity index (χ3v) is 3.11. The molecule has 0 atom stereocenters. The Kier molecular flexibility index (Phi) is 4.17. The Morgan fingerprint density at radius 2 is 2.07 bits per heavy atom. The Bertz CT molecular complexity index is 277.